The molecule has 0 fully saturated rings. The molecule has 0 saturated heterocycles. The van der Waals surface area contributed by atoms with Crippen LogP contribution in [0.4, 0.5) is 0 Å². The molecule has 0 unspecified atom stereocenters. The van der Waals surface area contributed by atoms with Crippen LogP contribution in [0.2, 0.25) is 0 Å². The molecule has 4 aromatic rings. The van der Waals surface area contributed by atoms with Crippen LogP contribution in [-0.2, 0) is 7.05 Å². The third-order valence-electron chi connectivity index (χ3n) is 5.38. The first-order valence-corrected chi connectivity index (χ1v) is 9.80. The Morgan fingerprint density at radius 1 is 0.750 bits per heavy atom. The molecule has 142 valence electrons. The fourth-order valence-corrected chi connectivity index (χ4v) is 4.04. The zero-order valence-electron chi connectivity index (χ0n) is 19.3. The molecule has 3 aromatic carbocycles. The molecular formula is C26H29N2+. The first-order valence-electron chi connectivity index (χ1n) is 10.8. The highest BCUT2D eigenvalue weighted by molar-refractivity contribution is 5.80. The van der Waals surface area contributed by atoms with E-state index in [-0.39, 0.29) is 0 Å². The van der Waals surface area contributed by atoms with Gasteiger partial charge in [-0.15, -0.1) is 0 Å². The second-order valence-corrected chi connectivity index (χ2v) is 7.77. The van der Waals surface area contributed by atoms with Crippen LogP contribution in [0.3, 0.4) is 0 Å². The van der Waals surface area contributed by atoms with Gasteiger partial charge in [0.25, 0.3) is 5.82 Å². The summed E-state index contributed by atoms with van der Waals surface area (Å²) < 4.78 is 22.2. The van der Waals surface area contributed by atoms with Gasteiger partial charge in [0.2, 0.25) is 0 Å². The molecule has 0 radical (unpaired) electrons. The molecule has 0 spiro atoms. The van der Waals surface area contributed by atoms with Crippen molar-refractivity contribution in [2.24, 2.45) is 7.05 Å². The SMILES string of the molecule is [2H]C(C)(C)c1cccc(C([2H])(C)C)c1-n1c(-c2ccccc2)[n+](C)c2ccccc21. The van der Waals surface area contributed by atoms with Crippen molar-refractivity contribution in [2.45, 2.75) is 39.5 Å². The second kappa shape index (κ2) is 7.27. The summed E-state index contributed by atoms with van der Waals surface area (Å²) in [5, 5.41) is 0. The van der Waals surface area contributed by atoms with Gasteiger partial charge in [0.15, 0.2) is 11.0 Å². The molecule has 0 aliphatic heterocycles. The molecule has 0 aliphatic rings. The van der Waals surface area contributed by atoms with Gasteiger partial charge >= 0.3 is 0 Å². The van der Waals surface area contributed by atoms with Gasteiger partial charge in [-0.05, 0) is 36.1 Å². The van der Waals surface area contributed by atoms with Crippen molar-refractivity contribution >= 4 is 11.0 Å². The number of fused-ring (bicyclic) bond motifs is 1. The summed E-state index contributed by atoms with van der Waals surface area (Å²) in [5.74, 6) is -0.581. The minimum absolute atomic E-state index is 0.811. The molecule has 1 aromatic heterocycles. The lowest BCUT2D eigenvalue weighted by molar-refractivity contribution is -0.633. The molecule has 0 atom stereocenters. The molecule has 0 saturated carbocycles. The van der Waals surface area contributed by atoms with E-state index in [1.807, 2.05) is 70.2 Å². The third-order valence-corrected chi connectivity index (χ3v) is 5.38. The van der Waals surface area contributed by atoms with E-state index in [0.717, 1.165) is 39.2 Å². The predicted octanol–water partition coefficient (Wildman–Crippen LogP) is 6.37. The van der Waals surface area contributed by atoms with E-state index >= 15 is 0 Å². The van der Waals surface area contributed by atoms with E-state index in [1.54, 1.807) is 0 Å². The third kappa shape index (κ3) is 2.93. The van der Waals surface area contributed by atoms with Crippen molar-refractivity contribution in [3.05, 3.63) is 83.9 Å². The van der Waals surface area contributed by atoms with Gasteiger partial charge in [-0.25, -0.2) is 4.57 Å². The number of imidazole rings is 1. The van der Waals surface area contributed by atoms with Gasteiger partial charge in [0, 0.05) is 13.9 Å². The summed E-state index contributed by atoms with van der Waals surface area (Å²) in [7, 11) is 2.08. The number of aromatic nitrogens is 2. The van der Waals surface area contributed by atoms with Crippen LogP contribution in [0.5, 0.6) is 0 Å². The fraction of sp³-hybridized carbons (Fsp3) is 0.269. The number of nitrogens with zero attached hydrogens (tertiary/aromatic N) is 2. The van der Waals surface area contributed by atoms with Gasteiger partial charge in [0.05, 0.1) is 12.6 Å². The van der Waals surface area contributed by atoms with Gasteiger partial charge in [-0.1, -0.05) is 76.2 Å². The molecule has 4 rings (SSSR count). The van der Waals surface area contributed by atoms with E-state index in [1.165, 1.54) is 0 Å². The summed E-state index contributed by atoms with van der Waals surface area (Å²) >= 11 is 0. The molecule has 1 heterocycles. The fourth-order valence-electron chi connectivity index (χ4n) is 4.04. The summed E-state index contributed by atoms with van der Waals surface area (Å²) in [5.41, 5.74) is 6.05. The summed E-state index contributed by atoms with van der Waals surface area (Å²) in [6.07, 6.45) is 0. The summed E-state index contributed by atoms with van der Waals surface area (Å²) in [6, 6.07) is 24.7. The number of para-hydroxylation sites is 3. The lowest BCUT2D eigenvalue weighted by Crippen LogP contribution is -2.30. The highest BCUT2D eigenvalue weighted by Gasteiger charge is 2.29. The standard InChI is InChI=1S/C26H29N2/c1-18(2)21-14-11-15-22(19(3)4)25(21)28-24-17-10-9-16-23(24)27(5)26(28)20-12-7-6-8-13-20/h6-19H,1-5H3/q+1/i18D,19D. The second-order valence-electron chi connectivity index (χ2n) is 7.77. The van der Waals surface area contributed by atoms with E-state index in [2.05, 4.69) is 46.5 Å². The van der Waals surface area contributed by atoms with Crippen LogP contribution in [0.25, 0.3) is 28.1 Å². The maximum absolute atomic E-state index is 8.87. The molecule has 0 N–H and O–H groups in total. The van der Waals surface area contributed by atoms with Crippen molar-refractivity contribution in [3.8, 4) is 17.1 Å². The van der Waals surface area contributed by atoms with Crippen molar-refractivity contribution in [1.82, 2.24) is 4.57 Å². The molecule has 2 heteroatoms. The van der Waals surface area contributed by atoms with Gasteiger partial charge < -0.3 is 0 Å². The smallest absolute Gasteiger partial charge is 0.225 e. The predicted molar refractivity (Wildman–Crippen MR) is 118 cm³/mol. The lowest BCUT2D eigenvalue weighted by atomic mass is 9.92. The maximum Gasteiger partial charge on any atom is 0.294 e. The Labute approximate surface area is 170 Å². The highest BCUT2D eigenvalue weighted by Crippen LogP contribution is 2.36. The molecular weight excluding hydrogens is 340 g/mol. The molecule has 0 amide bonds. The largest absolute Gasteiger partial charge is 0.294 e. The molecule has 2 nitrogen and oxygen atoms in total. The van der Waals surface area contributed by atoms with E-state index in [9.17, 15) is 0 Å². The van der Waals surface area contributed by atoms with Crippen molar-refractivity contribution in [3.63, 3.8) is 0 Å². The van der Waals surface area contributed by atoms with Crippen molar-refractivity contribution in [1.29, 1.82) is 0 Å². The van der Waals surface area contributed by atoms with Gasteiger partial charge in [-0.2, -0.15) is 4.57 Å². The van der Waals surface area contributed by atoms with E-state index in [4.69, 9.17) is 2.74 Å². The first-order chi connectivity index (χ1) is 14.1. The average molecular weight is 372 g/mol. The molecule has 0 aliphatic carbocycles. The Morgan fingerprint density at radius 3 is 1.93 bits per heavy atom. The number of aryl methyl sites for hydroxylation is 1. The Hall–Kier alpha value is -2.87. The van der Waals surface area contributed by atoms with E-state index in [0.29, 0.717) is 0 Å². The van der Waals surface area contributed by atoms with Crippen LogP contribution in [-0.4, -0.2) is 4.57 Å². The van der Waals surface area contributed by atoms with Gasteiger partial charge in [0.1, 0.15) is 5.69 Å². The molecule has 0 bridgehead atoms. The van der Waals surface area contributed by atoms with Crippen LogP contribution in [0.1, 0.15) is 53.4 Å². The van der Waals surface area contributed by atoms with Crippen molar-refractivity contribution in [2.75, 3.05) is 0 Å². The van der Waals surface area contributed by atoms with Gasteiger partial charge in [-0.3, -0.25) is 0 Å². The van der Waals surface area contributed by atoms with Crippen molar-refractivity contribution < 1.29 is 7.31 Å². The summed E-state index contributed by atoms with van der Waals surface area (Å²) in [6.45, 7) is 7.67. The first kappa shape index (κ1) is 16.1. The summed E-state index contributed by atoms with van der Waals surface area (Å²) in [4.78, 5) is 0. The highest BCUT2D eigenvalue weighted by atomic mass is 15.2. The van der Waals surface area contributed by atoms with Crippen LogP contribution in [0, 0.1) is 0 Å². The quantitative estimate of drug-likeness (QED) is 0.369. The minimum atomic E-state index is -0.811. The Balaban J connectivity index is 2.24. The zero-order valence-corrected chi connectivity index (χ0v) is 17.3. The average Bonchev–Trinajstić information content (AvgIpc) is 2.99. The number of rotatable bonds is 4. The normalized spacial score (nSPS) is 13.5. The topological polar surface area (TPSA) is 8.81 Å². The van der Waals surface area contributed by atoms with Crippen LogP contribution in [0.15, 0.2) is 72.8 Å². The monoisotopic (exact) mass is 371 g/mol. The Morgan fingerprint density at radius 2 is 1.32 bits per heavy atom. The Kier molecular flexibility index (Phi) is 4.19. The van der Waals surface area contributed by atoms with Crippen LogP contribution >= 0.6 is 0 Å². The Bertz CT molecular complexity index is 1180. The maximum atomic E-state index is 8.87. The molecule has 28 heavy (non-hydrogen) atoms. The number of benzene rings is 3. The zero-order chi connectivity index (χ0) is 21.7. The number of hydrogen-bond donors (Lipinski definition) is 0. The lowest BCUT2D eigenvalue weighted by Gasteiger charge is -2.18. The van der Waals surface area contributed by atoms with Crippen LogP contribution < -0.4 is 4.57 Å². The number of hydrogen-bond acceptors (Lipinski definition) is 0. The van der Waals surface area contributed by atoms with E-state index < -0.39 is 11.8 Å². The minimum Gasteiger partial charge on any atom is -0.225 e.